The molecular weight excluding hydrogens is 354 g/mol. The zero-order valence-electron chi connectivity index (χ0n) is 16.9. The monoisotopic (exact) mass is 379 g/mol. The van der Waals surface area contributed by atoms with Crippen molar-refractivity contribution in [3.8, 4) is 11.5 Å². The molecule has 0 radical (unpaired) electrons. The van der Waals surface area contributed by atoms with Crippen molar-refractivity contribution >= 4 is 11.6 Å². The first-order chi connectivity index (χ1) is 13.4. The quantitative estimate of drug-likeness (QED) is 0.705. The molecule has 0 aliphatic heterocycles. The summed E-state index contributed by atoms with van der Waals surface area (Å²) in [7, 11) is 5.02. The average Bonchev–Trinajstić information content (AvgIpc) is 2.94. The van der Waals surface area contributed by atoms with Gasteiger partial charge in [-0.1, -0.05) is 18.2 Å². The average molecular weight is 379 g/mol. The zero-order chi connectivity index (χ0) is 20.3. The smallest absolute Gasteiger partial charge is 0.263 e. The minimum absolute atomic E-state index is 0.277. The number of methoxy groups -OCH3 is 2. The van der Waals surface area contributed by atoms with E-state index in [2.05, 4.69) is 17.3 Å². The number of aryl methyl sites for hydroxylation is 2. The minimum Gasteiger partial charge on any atom is -0.496 e. The third kappa shape index (κ3) is 3.86. The molecule has 1 N–H and O–H groups in total. The molecule has 6 nitrogen and oxygen atoms in total. The molecule has 0 aliphatic carbocycles. The lowest BCUT2D eigenvalue weighted by molar-refractivity contribution is 0.102. The Morgan fingerprint density at radius 1 is 1.04 bits per heavy atom. The van der Waals surface area contributed by atoms with Crippen LogP contribution in [0.15, 0.2) is 42.5 Å². The molecule has 2 aromatic carbocycles. The summed E-state index contributed by atoms with van der Waals surface area (Å²) in [6, 6.07) is 13.1. The lowest BCUT2D eigenvalue weighted by Crippen LogP contribution is -2.14. The summed E-state index contributed by atoms with van der Waals surface area (Å²) in [4.78, 5) is 12.8. The highest BCUT2D eigenvalue weighted by Gasteiger charge is 2.18. The van der Waals surface area contributed by atoms with Crippen molar-refractivity contribution in [1.82, 2.24) is 9.78 Å². The Morgan fingerprint density at radius 3 is 2.14 bits per heavy atom. The summed E-state index contributed by atoms with van der Waals surface area (Å²) >= 11 is 0. The summed E-state index contributed by atoms with van der Waals surface area (Å²) in [6.07, 6.45) is 0.806. The first-order valence-electron chi connectivity index (χ1n) is 9.05. The lowest BCUT2D eigenvalue weighted by atomic mass is 10.0. The number of rotatable bonds is 6. The van der Waals surface area contributed by atoms with E-state index < -0.39 is 0 Å². The van der Waals surface area contributed by atoms with Gasteiger partial charge in [0.1, 0.15) is 17.1 Å². The van der Waals surface area contributed by atoms with Crippen LogP contribution in [-0.2, 0) is 13.5 Å². The van der Waals surface area contributed by atoms with Crippen molar-refractivity contribution in [2.24, 2.45) is 7.05 Å². The number of hydrogen-bond donors (Lipinski definition) is 1. The number of benzene rings is 2. The SMILES string of the molecule is COc1cccc(OC)c1C(=O)Nc1ccc(Cc2c(C)nn(C)c2C)cc1. The van der Waals surface area contributed by atoms with Gasteiger partial charge in [-0.3, -0.25) is 9.48 Å². The first kappa shape index (κ1) is 19.5. The second kappa shape index (κ2) is 8.17. The molecule has 0 spiro atoms. The van der Waals surface area contributed by atoms with Gasteiger partial charge in [-0.25, -0.2) is 0 Å². The van der Waals surface area contributed by atoms with Crippen molar-refractivity contribution in [3.63, 3.8) is 0 Å². The molecule has 0 atom stereocenters. The van der Waals surface area contributed by atoms with Crippen molar-refractivity contribution in [2.75, 3.05) is 19.5 Å². The third-order valence-electron chi connectivity index (χ3n) is 4.91. The van der Waals surface area contributed by atoms with E-state index in [4.69, 9.17) is 9.47 Å². The normalized spacial score (nSPS) is 10.6. The molecular formula is C22H25N3O3. The van der Waals surface area contributed by atoms with E-state index in [1.165, 1.54) is 19.8 Å². The van der Waals surface area contributed by atoms with Gasteiger partial charge in [-0.2, -0.15) is 5.10 Å². The lowest BCUT2D eigenvalue weighted by Gasteiger charge is -2.13. The Balaban J connectivity index is 1.77. The van der Waals surface area contributed by atoms with Crippen LogP contribution in [0.25, 0.3) is 0 Å². The Hall–Kier alpha value is -3.28. The largest absolute Gasteiger partial charge is 0.496 e. The van der Waals surface area contributed by atoms with Gasteiger partial charge in [0, 0.05) is 30.4 Å². The highest BCUT2D eigenvalue weighted by atomic mass is 16.5. The molecule has 6 heteroatoms. The van der Waals surface area contributed by atoms with Crippen LogP contribution in [0.1, 0.15) is 32.9 Å². The molecule has 0 unspecified atom stereocenters. The summed E-state index contributed by atoms with van der Waals surface area (Å²) < 4.78 is 12.5. The van der Waals surface area contributed by atoms with Crippen LogP contribution in [-0.4, -0.2) is 29.9 Å². The standard InChI is InChI=1S/C22H25N3O3/c1-14-18(15(2)25(3)24-14)13-16-9-11-17(12-10-16)23-22(26)21-19(27-4)7-6-8-20(21)28-5/h6-12H,13H2,1-5H3,(H,23,26). The van der Waals surface area contributed by atoms with Gasteiger partial charge in [0.2, 0.25) is 0 Å². The van der Waals surface area contributed by atoms with E-state index >= 15 is 0 Å². The maximum absolute atomic E-state index is 12.8. The fourth-order valence-corrected chi connectivity index (χ4v) is 3.25. The van der Waals surface area contributed by atoms with Gasteiger partial charge in [-0.15, -0.1) is 0 Å². The van der Waals surface area contributed by atoms with Crippen molar-refractivity contribution < 1.29 is 14.3 Å². The molecule has 146 valence electrons. The summed E-state index contributed by atoms with van der Waals surface area (Å²) in [5.41, 5.74) is 5.68. The second-order valence-corrected chi connectivity index (χ2v) is 6.64. The number of nitrogens with one attached hydrogen (secondary N) is 1. The van der Waals surface area contributed by atoms with Crippen molar-refractivity contribution in [3.05, 3.63) is 70.5 Å². The third-order valence-corrected chi connectivity index (χ3v) is 4.91. The predicted octanol–water partition coefficient (Wildman–Crippen LogP) is 3.90. The number of aromatic nitrogens is 2. The van der Waals surface area contributed by atoms with Gasteiger partial charge in [0.25, 0.3) is 5.91 Å². The van der Waals surface area contributed by atoms with Gasteiger partial charge in [-0.05, 0) is 43.7 Å². The summed E-state index contributed by atoms with van der Waals surface area (Å²) in [5, 5.41) is 7.38. The number of amides is 1. The van der Waals surface area contributed by atoms with Crippen LogP contribution >= 0.6 is 0 Å². The van der Waals surface area contributed by atoms with E-state index in [9.17, 15) is 4.79 Å². The van der Waals surface area contributed by atoms with E-state index in [0.29, 0.717) is 22.7 Å². The molecule has 1 amide bonds. The summed E-state index contributed by atoms with van der Waals surface area (Å²) in [6.45, 7) is 4.10. The molecule has 1 aromatic heterocycles. The van der Waals surface area contributed by atoms with Crippen LogP contribution in [0, 0.1) is 13.8 Å². The number of hydrogen-bond acceptors (Lipinski definition) is 4. The van der Waals surface area contributed by atoms with Crippen LogP contribution in [0.5, 0.6) is 11.5 Å². The highest BCUT2D eigenvalue weighted by molar-refractivity contribution is 6.08. The van der Waals surface area contributed by atoms with Gasteiger partial charge < -0.3 is 14.8 Å². The molecule has 0 saturated heterocycles. The maximum Gasteiger partial charge on any atom is 0.263 e. The molecule has 28 heavy (non-hydrogen) atoms. The van der Waals surface area contributed by atoms with Crippen LogP contribution < -0.4 is 14.8 Å². The number of nitrogens with zero attached hydrogens (tertiary/aromatic N) is 2. The van der Waals surface area contributed by atoms with Crippen LogP contribution in [0.3, 0.4) is 0 Å². The maximum atomic E-state index is 12.8. The number of anilines is 1. The Morgan fingerprint density at radius 2 is 1.64 bits per heavy atom. The van der Waals surface area contributed by atoms with Gasteiger partial charge in [0.15, 0.2) is 0 Å². The molecule has 3 rings (SSSR count). The molecule has 0 bridgehead atoms. The van der Waals surface area contributed by atoms with E-state index in [1.54, 1.807) is 18.2 Å². The number of carbonyl (C=O) groups is 1. The van der Waals surface area contributed by atoms with Crippen LogP contribution in [0.4, 0.5) is 5.69 Å². The van der Waals surface area contributed by atoms with E-state index in [-0.39, 0.29) is 5.91 Å². The molecule has 0 fully saturated rings. The van der Waals surface area contributed by atoms with E-state index in [1.807, 2.05) is 42.9 Å². The Kier molecular flexibility index (Phi) is 5.68. The van der Waals surface area contributed by atoms with E-state index in [0.717, 1.165) is 23.4 Å². The van der Waals surface area contributed by atoms with Gasteiger partial charge >= 0.3 is 0 Å². The fourth-order valence-electron chi connectivity index (χ4n) is 3.25. The predicted molar refractivity (Wildman–Crippen MR) is 109 cm³/mol. The van der Waals surface area contributed by atoms with Crippen LogP contribution in [0.2, 0.25) is 0 Å². The zero-order valence-corrected chi connectivity index (χ0v) is 16.9. The Labute approximate surface area is 165 Å². The fraction of sp³-hybridized carbons (Fsp3) is 0.273. The highest BCUT2D eigenvalue weighted by Crippen LogP contribution is 2.29. The molecule has 0 saturated carbocycles. The molecule has 3 aromatic rings. The minimum atomic E-state index is -0.277. The number of carbonyl (C=O) groups excluding carboxylic acids is 1. The first-order valence-corrected chi connectivity index (χ1v) is 9.05. The summed E-state index contributed by atoms with van der Waals surface area (Å²) in [5.74, 6) is 0.660. The molecule has 0 aliphatic rings. The van der Waals surface area contributed by atoms with Gasteiger partial charge in [0.05, 0.1) is 19.9 Å². The van der Waals surface area contributed by atoms with Crippen molar-refractivity contribution in [2.45, 2.75) is 20.3 Å². The Bertz CT molecular complexity index is 969. The number of ether oxygens (including phenoxy) is 2. The van der Waals surface area contributed by atoms with Crippen molar-refractivity contribution in [1.29, 1.82) is 0 Å². The molecule has 1 heterocycles. The second-order valence-electron chi connectivity index (χ2n) is 6.64. The topological polar surface area (TPSA) is 65.4 Å².